The summed E-state index contributed by atoms with van der Waals surface area (Å²) in [6.45, 7) is -0.153. The number of fused-ring (bicyclic) bond motifs is 1. The molecule has 0 saturated heterocycles. The van der Waals surface area contributed by atoms with Gasteiger partial charge in [-0.3, -0.25) is 9.59 Å². The number of carbonyl (C=O) groups excluding carboxylic acids is 2. The molecule has 0 radical (unpaired) electrons. The predicted molar refractivity (Wildman–Crippen MR) is 133 cm³/mol. The zero-order chi connectivity index (χ0) is 25.0. The molecule has 0 bridgehead atoms. The Bertz CT molecular complexity index is 1320. The summed E-state index contributed by atoms with van der Waals surface area (Å²) in [4.78, 5) is 27.5. The van der Waals surface area contributed by atoms with Gasteiger partial charge in [-0.2, -0.15) is 4.31 Å². The Morgan fingerprint density at radius 2 is 1.69 bits per heavy atom. The predicted octanol–water partition coefficient (Wildman–Crippen LogP) is 3.07. The molecule has 0 saturated carbocycles. The van der Waals surface area contributed by atoms with Crippen LogP contribution in [-0.2, 0) is 26.2 Å². The van der Waals surface area contributed by atoms with Gasteiger partial charge >= 0.3 is 0 Å². The first-order valence-corrected chi connectivity index (χ1v) is 12.7. The lowest BCUT2D eigenvalue weighted by atomic mass is 10.1. The molecule has 1 atom stereocenters. The third-order valence-corrected chi connectivity index (χ3v) is 7.63. The van der Waals surface area contributed by atoms with Crippen LogP contribution in [0, 0.1) is 0 Å². The number of carbonyl (C=O) groups is 2. The molecule has 0 aromatic heterocycles. The lowest BCUT2D eigenvalue weighted by molar-refractivity contribution is -0.128. The number of rotatable bonds is 7. The lowest BCUT2D eigenvalue weighted by Crippen LogP contribution is -2.52. The van der Waals surface area contributed by atoms with Crippen LogP contribution in [0.2, 0.25) is 5.02 Å². The molecular weight excluding hydrogens is 490 g/mol. The molecule has 3 aromatic carbocycles. The van der Waals surface area contributed by atoms with Crippen LogP contribution in [0.25, 0.3) is 0 Å². The van der Waals surface area contributed by atoms with Crippen molar-refractivity contribution in [2.24, 2.45) is 0 Å². The molecule has 0 unspecified atom stereocenters. The van der Waals surface area contributed by atoms with Crippen molar-refractivity contribution in [1.29, 1.82) is 0 Å². The average molecular weight is 514 g/mol. The van der Waals surface area contributed by atoms with Gasteiger partial charge in [-0.25, -0.2) is 8.42 Å². The minimum absolute atomic E-state index is 0.0257. The van der Waals surface area contributed by atoms with Crippen LogP contribution in [-0.4, -0.2) is 50.8 Å². The minimum atomic E-state index is -3.92. The fourth-order valence-electron chi connectivity index (χ4n) is 3.65. The van der Waals surface area contributed by atoms with E-state index < -0.39 is 28.6 Å². The Morgan fingerprint density at radius 1 is 1.03 bits per heavy atom. The number of halogens is 1. The highest BCUT2D eigenvalue weighted by Crippen LogP contribution is 2.33. The van der Waals surface area contributed by atoms with E-state index in [9.17, 15) is 18.0 Å². The monoisotopic (exact) mass is 513 g/mol. The van der Waals surface area contributed by atoms with Crippen LogP contribution in [0.15, 0.2) is 83.8 Å². The van der Waals surface area contributed by atoms with Gasteiger partial charge in [0.1, 0.15) is 5.75 Å². The number of anilines is 1. The Hall–Kier alpha value is -3.40. The van der Waals surface area contributed by atoms with Gasteiger partial charge in [-0.1, -0.05) is 54.1 Å². The first-order chi connectivity index (χ1) is 16.8. The summed E-state index contributed by atoms with van der Waals surface area (Å²) in [6, 6.07) is 22.0. The van der Waals surface area contributed by atoms with Gasteiger partial charge in [-0.15, -0.1) is 0 Å². The molecule has 1 heterocycles. The summed E-state index contributed by atoms with van der Waals surface area (Å²) in [7, 11) is -2.59. The maximum absolute atomic E-state index is 13.3. The average Bonchev–Trinajstić information content (AvgIpc) is 2.87. The zero-order valence-corrected chi connectivity index (χ0v) is 20.5. The standard InChI is InChI=1S/C25H24ClN3O5S/c1-28(35(32,33)20-13-11-19(26)12-14-20)17-24(30)29-16-23(34-22-10-6-5-9-21(22)29)25(31)27-15-18-7-3-2-4-8-18/h2-14,23H,15-17H2,1H3,(H,27,31)/t23-/m1/s1. The van der Waals surface area contributed by atoms with Gasteiger partial charge in [0.15, 0.2) is 6.10 Å². The molecule has 8 nitrogen and oxygen atoms in total. The highest BCUT2D eigenvalue weighted by molar-refractivity contribution is 7.89. The smallest absolute Gasteiger partial charge is 0.263 e. The molecule has 0 fully saturated rings. The molecule has 4 rings (SSSR count). The van der Waals surface area contributed by atoms with Crippen molar-refractivity contribution < 1.29 is 22.7 Å². The van der Waals surface area contributed by atoms with Crippen molar-refractivity contribution >= 4 is 39.1 Å². The number of amides is 2. The van der Waals surface area contributed by atoms with E-state index in [-0.39, 0.29) is 17.3 Å². The van der Waals surface area contributed by atoms with Gasteiger partial charge in [0, 0.05) is 18.6 Å². The Balaban J connectivity index is 1.49. The third kappa shape index (κ3) is 5.64. The summed E-state index contributed by atoms with van der Waals surface area (Å²) >= 11 is 5.86. The zero-order valence-electron chi connectivity index (χ0n) is 18.9. The van der Waals surface area contributed by atoms with Gasteiger partial charge in [0.25, 0.3) is 5.91 Å². The Kier molecular flexibility index (Phi) is 7.39. The van der Waals surface area contributed by atoms with Crippen molar-refractivity contribution in [1.82, 2.24) is 9.62 Å². The van der Waals surface area contributed by atoms with Crippen LogP contribution < -0.4 is 15.0 Å². The first kappa shape index (κ1) is 24.7. The minimum Gasteiger partial charge on any atom is -0.477 e. The molecule has 1 aliphatic rings. The van der Waals surface area contributed by atoms with E-state index in [1.54, 1.807) is 24.3 Å². The van der Waals surface area contributed by atoms with Crippen LogP contribution in [0.5, 0.6) is 5.75 Å². The molecule has 0 spiro atoms. The fraction of sp³-hybridized carbons (Fsp3) is 0.200. The third-order valence-electron chi connectivity index (χ3n) is 5.56. The quantitative estimate of drug-likeness (QED) is 0.524. The van der Waals surface area contributed by atoms with Crippen LogP contribution in [0.3, 0.4) is 0 Å². The molecule has 1 N–H and O–H groups in total. The molecule has 35 heavy (non-hydrogen) atoms. The molecule has 1 aliphatic heterocycles. The fourth-order valence-corrected chi connectivity index (χ4v) is 4.90. The summed E-state index contributed by atoms with van der Waals surface area (Å²) in [5.74, 6) is -0.486. The molecule has 3 aromatic rings. The van der Waals surface area contributed by atoms with Gasteiger partial charge in [0.2, 0.25) is 15.9 Å². The second-order valence-corrected chi connectivity index (χ2v) is 10.5. The number of hydrogen-bond donors (Lipinski definition) is 1. The van der Waals surface area contributed by atoms with Crippen LogP contribution in [0.4, 0.5) is 5.69 Å². The van der Waals surface area contributed by atoms with Crippen molar-refractivity contribution in [3.8, 4) is 5.75 Å². The largest absolute Gasteiger partial charge is 0.477 e. The van der Waals surface area contributed by atoms with Crippen molar-refractivity contribution in [2.45, 2.75) is 17.5 Å². The second kappa shape index (κ2) is 10.5. The van der Waals surface area contributed by atoms with E-state index >= 15 is 0 Å². The molecule has 10 heteroatoms. The lowest BCUT2D eigenvalue weighted by Gasteiger charge is -2.35. The number of hydrogen-bond acceptors (Lipinski definition) is 5. The topological polar surface area (TPSA) is 96.0 Å². The normalized spacial score (nSPS) is 15.3. The number of nitrogens with one attached hydrogen (secondary N) is 1. The molecule has 182 valence electrons. The molecular formula is C25H24ClN3O5S. The highest BCUT2D eigenvalue weighted by atomic mass is 35.5. The summed E-state index contributed by atoms with van der Waals surface area (Å²) < 4.78 is 32.7. The Morgan fingerprint density at radius 3 is 2.40 bits per heavy atom. The van der Waals surface area contributed by atoms with Crippen LogP contribution in [0.1, 0.15) is 5.56 Å². The van der Waals surface area contributed by atoms with Gasteiger partial charge < -0.3 is 15.0 Å². The van der Waals surface area contributed by atoms with E-state index in [1.165, 1.54) is 36.2 Å². The Labute approximate surface area is 209 Å². The summed E-state index contributed by atoms with van der Waals surface area (Å²) in [6.07, 6.45) is -0.948. The second-order valence-electron chi connectivity index (χ2n) is 8.00. The van der Waals surface area contributed by atoms with Gasteiger partial charge in [0.05, 0.1) is 23.7 Å². The summed E-state index contributed by atoms with van der Waals surface area (Å²) in [5.41, 5.74) is 1.40. The maximum atomic E-state index is 13.3. The van der Waals surface area contributed by atoms with Gasteiger partial charge in [-0.05, 0) is 42.0 Å². The van der Waals surface area contributed by atoms with Crippen molar-refractivity contribution in [2.75, 3.05) is 25.0 Å². The number of para-hydroxylation sites is 2. The first-order valence-electron chi connectivity index (χ1n) is 10.9. The molecule has 2 amide bonds. The number of likely N-dealkylation sites (N-methyl/N-ethyl adjacent to an activating group) is 1. The highest BCUT2D eigenvalue weighted by Gasteiger charge is 2.35. The number of sulfonamides is 1. The summed E-state index contributed by atoms with van der Waals surface area (Å²) in [5, 5.41) is 3.24. The molecule has 0 aliphatic carbocycles. The van der Waals surface area contributed by atoms with E-state index in [2.05, 4.69) is 5.32 Å². The van der Waals surface area contributed by atoms with Crippen molar-refractivity contribution in [3.63, 3.8) is 0 Å². The number of benzene rings is 3. The number of nitrogens with zero attached hydrogens (tertiary/aromatic N) is 2. The van der Waals surface area contributed by atoms with E-state index in [4.69, 9.17) is 16.3 Å². The van der Waals surface area contributed by atoms with Crippen LogP contribution >= 0.6 is 11.6 Å². The maximum Gasteiger partial charge on any atom is 0.263 e. The number of ether oxygens (including phenoxy) is 1. The van der Waals surface area contributed by atoms with Crippen molar-refractivity contribution in [3.05, 3.63) is 89.4 Å². The van der Waals surface area contributed by atoms with E-state index in [0.717, 1.165) is 9.87 Å². The van der Waals surface area contributed by atoms with E-state index in [0.29, 0.717) is 23.0 Å². The SMILES string of the molecule is CN(CC(=O)N1C[C@H](C(=O)NCc2ccccc2)Oc2ccccc21)S(=O)(=O)c1ccc(Cl)cc1. The van der Waals surface area contributed by atoms with E-state index in [1.807, 2.05) is 30.3 Å².